The van der Waals surface area contributed by atoms with Crippen LogP contribution in [0.4, 0.5) is 17.2 Å². The highest BCUT2D eigenvalue weighted by Crippen LogP contribution is 2.37. The molecule has 0 aliphatic heterocycles. The summed E-state index contributed by atoms with van der Waals surface area (Å²) in [6.45, 7) is -2.73. The highest BCUT2D eigenvalue weighted by molar-refractivity contribution is 6.00. The third-order valence-corrected chi connectivity index (χ3v) is 4.65. The Morgan fingerprint density at radius 2 is 2.00 bits per heavy atom. The zero-order valence-corrected chi connectivity index (χ0v) is 17.8. The molecule has 176 valence electrons. The second-order valence-electron chi connectivity index (χ2n) is 6.96. The summed E-state index contributed by atoms with van der Waals surface area (Å²) >= 11 is 0. The Morgan fingerprint density at radius 3 is 2.64 bits per heavy atom. The van der Waals surface area contributed by atoms with Crippen LogP contribution in [0.3, 0.4) is 0 Å². The van der Waals surface area contributed by atoms with E-state index in [0.717, 1.165) is 12.8 Å². The van der Waals surface area contributed by atoms with E-state index in [1.807, 2.05) is 5.32 Å². The van der Waals surface area contributed by atoms with Crippen LogP contribution in [0, 0.1) is 5.92 Å². The molecule has 1 aromatic carbocycles. The lowest BCUT2D eigenvalue weighted by Crippen LogP contribution is -2.22. The molecule has 4 rings (SSSR count). The van der Waals surface area contributed by atoms with E-state index in [1.54, 1.807) is 36.3 Å². The van der Waals surface area contributed by atoms with Crippen LogP contribution >= 0.6 is 0 Å². The number of aryl methyl sites for hydroxylation is 1. The average molecular weight is 461 g/mol. The summed E-state index contributed by atoms with van der Waals surface area (Å²) in [4.78, 5) is 29.0. The molecule has 0 atom stereocenters. The third kappa shape index (κ3) is 5.39. The summed E-state index contributed by atoms with van der Waals surface area (Å²) < 4.78 is 29.1. The minimum Gasteiger partial charge on any atom is -0.494 e. The number of para-hydroxylation sites is 1. The van der Waals surface area contributed by atoms with Gasteiger partial charge in [0.2, 0.25) is 5.91 Å². The van der Waals surface area contributed by atoms with Crippen molar-refractivity contribution in [2.75, 3.05) is 24.7 Å². The van der Waals surface area contributed by atoms with E-state index < -0.39 is 12.9 Å². The minimum absolute atomic E-state index is 0. The summed E-state index contributed by atoms with van der Waals surface area (Å²) in [7, 11) is 3.21. The molecule has 0 unspecified atom stereocenters. The summed E-state index contributed by atoms with van der Waals surface area (Å²) in [6.07, 6.45) is 3.15. The molecule has 0 saturated heterocycles. The maximum Gasteiger partial charge on any atom is 0.273 e. The number of nitrogens with zero attached hydrogens (tertiary/aromatic N) is 5. The maximum atomic E-state index is 12.6. The Bertz CT molecular complexity index is 1250. The Hall–Kier alpha value is -4.10. The fourth-order valence-corrected chi connectivity index (χ4v) is 2.99. The van der Waals surface area contributed by atoms with Gasteiger partial charge in [-0.05, 0) is 25.0 Å². The maximum absolute atomic E-state index is 12.6. The molecule has 13 heteroatoms. The van der Waals surface area contributed by atoms with Crippen molar-refractivity contribution in [1.82, 2.24) is 30.3 Å². The number of anilines is 3. The monoisotopic (exact) mass is 461 g/mol. The fourth-order valence-electron chi connectivity index (χ4n) is 2.99. The zero-order valence-electron chi connectivity index (χ0n) is 20.8. The normalized spacial score (nSPS) is 13.8. The molecule has 2 heterocycles. The summed E-state index contributed by atoms with van der Waals surface area (Å²) in [5.74, 6) is -0.298. The van der Waals surface area contributed by atoms with Gasteiger partial charge in [-0.15, -0.1) is 10.2 Å². The SMILES string of the molecule is O.O.[2H]C([2H])([2H])NC(=O)c1nnc(NC(=O)C2CC2)cc1Nc1cccc(-c2ncn(C)n2)c1OC. The van der Waals surface area contributed by atoms with E-state index in [0.29, 0.717) is 22.8 Å². The van der Waals surface area contributed by atoms with E-state index in [9.17, 15) is 9.59 Å². The van der Waals surface area contributed by atoms with Gasteiger partial charge in [0.15, 0.2) is 23.1 Å². The lowest BCUT2D eigenvalue weighted by atomic mass is 10.1. The summed E-state index contributed by atoms with van der Waals surface area (Å²) in [5.41, 5.74) is 0.866. The number of carbonyl (C=O) groups is 2. The first-order valence-electron chi connectivity index (χ1n) is 11.0. The lowest BCUT2D eigenvalue weighted by Gasteiger charge is -2.16. The van der Waals surface area contributed by atoms with Crippen molar-refractivity contribution >= 4 is 29.0 Å². The number of hydrogen-bond donors (Lipinski definition) is 3. The number of nitrogens with one attached hydrogen (secondary N) is 3. The van der Waals surface area contributed by atoms with Crippen LogP contribution in [-0.2, 0) is 11.8 Å². The first kappa shape index (κ1) is 20.8. The first-order valence-corrected chi connectivity index (χ1v) is 9.46. The largest absolute Gasteiger partial charge is 0.494 e. The molecule has 33 heavy (non-hydrogen) atoms. The highest BCUT2D eigenvalue weighted by atomic mass is 16.5. The van der Waals surface area contributed by atoms with Gasteiger partial charge in [0.25, 0.3) is 5.91 Å². The topological polar surface area (TPSA) is 199 Å². The number of ether oxygens (including phenoxy) is 1. The molecular formula is C20H26N8O5. The first-order chi connectivity index (χ1) is 16.1. The van der Waals surface area contributed by atoms with E-state index in [1.165, 1.54) is 13.2 Å². The van der Waals surface area contributed by atoms with Crippen LogP contribution in [0.25, 0.3) is 11.4 Å². The Kier molecular flexibility index (Phi) is 6.60. The van der Waals surface area contributed by atoms with Gasteiger partial charge < -0.3 is 31.6 Å². The minimum atomic E-state index is -2.73. The predicted octanol–water partition coefficient (Wildman–Crippen LogP) is 0.0830. The molecule has 1 aliphatic carbocycles. The number of aromatic nitrogens is 5. The number of rotatable bonds is 7. The Labute approximate surface area is 193 Å². The van der Waals surface area contributed by atoms with Crippen molar-refractivity contribution in [3.8, 4) is 17.1 Å². The van der Waals surface area contributed by atoms with Crippen molar-refractivity contribution in [2.45, 2.75) is 12.8 Å². The quantitative estimate of drug-likeness (QED) is 0.439. The Balaban J connectivity index is 0.00000228. The van der Waals surface area contributed by atoms with Crippen molar-refractivity contribution in [3.05, 3.63) is 36.3 Å². The summed E-state index contributed by atoms with van der Waals surface area (Å²) in [5, 5.41) is 19.6. The van der Waals surface area contributed by atoms with E-state index in [4.69, 9.17) is 8.85 Å². The number of carbonyl (C=O) groups excluding carboxylic acids is 2. The molecule has 1 aliphatic rings. The van der Waals surface area contributed by atoms with Crippen LogP contribution in [0.15, 0.2) is 30.6 Å². The lowest BCUT2D eigenvalue weighted by molar-refractivity contribution is -0.117. The van der Waals surface area contributed by atoms with E-state index in [2.05, 4.69) is 30.9 Å². The molecule has 7 N–H and O–H groups in total. The van der Waals surface area contributed by atoms with Crippen LogP contribution in [-0.4, -0.2) is 61.8 Å². The fraction of sp³-hybridized carbons (Fsp3) is 0.300. The predicted molar refractivity (Wildman–Crippen MR) is 120 cm³/mol. The van der Waals surface area contributed by atoms with Gasteiger partial charge >= 0.3 is 0 Å². The molecule has 0 spiro atoms. The molecule has 0 bridgehead atoms. The van der Waals surface area contributed by atoms with Gasteiger partial charge in [-0.1, -0.05) is 6.07 Å². The van der Waals surface area contributed by atoms with E-state index in [-0.39, 0.29) is 40.0 Å². The molecule has 2 aromatic heterocycles. The van der Waals surface area contributed by atoms with Gasteiger partial charge in [-0.3, -0.25) is 14.3 Å². The second kappa shape index (κ2) is 10.5. The van der Waals surface area contributed by atoms with Gasteiger partial charge in [0.1, 0.15) is 6.33 Å². The standard InChI is InChI=1S/C20H22N8O3.2H2O/c1-21-20(30)16-14(9-15(25-26-16)24-19(29)11-7-8-11)23-13-6-4-5-12(17(13)31-3)18-22-10-28(2)27-18;;/h4-6,9-11H,7-8H2,1-3H3,(H,21,30)(H2,23,24,25,29);2*1H2/i1D3;;. The third-order valence-electron chi connectivity index (χ3n) is 4.65. The van der Waals surface area contributed by atoms with Crippen molar-refractivity contribution < 1.29 is 29.4 Å². The van der Waals surface area contributed by atoms with Crippen molar-refractivity contribution in [3.63, 3.8) is 0 Å². The molecular weight excluding hydrogens is 432 g/mol. The second-order valence-corrected chi connectivity index (χ2v) is 6.96. The van der Waals surface area contributed by atoms with Crippen LogP contribution < -0.4 is 20.7 Å². The average Bonchev–Trinajstić information content (AvgIpc) is 3.53. The molecule has 13 nitrogen and oxygen atoms in total. The van der Waals surface area contributed by atoms with Crippen LogP contribution in [0.2, 0.25) is 0 Å². The Morgan fingerprint density at radius 1 is 1.21 bits per heavy atom. The van der Waals surface area contributed by atoms with Gasteiger partial charge in [-0.25, -0.2) is 4.98 Å². The van der Waals surface area contributed by atoms with Gasteiger partial charge in [0, 0.05) is 30.1 Å². The zero-order chi connectivity index (χ0) is 24.5. The molecule has 0 radical (unpaired) electrons. The number of amides is 2. The molecule has 2 amide bonds. The van der Waals surface area contributed by atoms with Crippen molar-refractivity contribution in [1.29, 1.82) is 0 Å². The smallest absolute Gasteiger partial charge is 0.273 e. The van der Waals surface area contributed by atoms with Crippen LogP contribution in [0.1, 0.15) is 27.4 Å². The summed E-state index contributed by atoms with van der Waals surface area (Å²) in [6, 6.07) is 6.61. The van der Waals surface area contributed by atoms with E-state index >= 15 is 0 Å². The number of hydrogen-bond acceptors (Lipinski definition) is 8. The van der Waals surface area contributed by atoms with Gasteiger partial charge in [0.05, 0.1) is 24.0 Å². The van der Waals surface area contributed by atoms with Crippen molar-refractivity contribution in [2.24, 2.45) is 13.0 Å². The number of methoxy groups -OCH3 is 1. The highest BCUT2D eigenvalue weighted by Gasteiger charge is 2.30. The van der Waals surface area contributed by atoms with Crippen LogP contribution in [0.5, 0.6) is 5.75 Å². The molecule has 1 saturated carbocycles. The molecule has 3 aromatic rings. The van der Waals surface area contributed by atoms with Gasteiger partial charge in [-0.2, -0.15) is 5.10 Å². The number of benzene rings is 1. The molecule has 1 fully saturated rings.